The van der Waals surface area contributed by atoms with Gasteiger partial charge in [-0.05, 0) is 79.5 Å². The number of amides is 4. The van der Waals surface area contributed by atoms with E-state index in [2.05, 4.69) is 54.7 Å². The number of nitrogens with zero attached hydrogens (tertiary/aromatic N) is 3. The van der Waals surface area contributed by atoms with Gasteiger partial charge in [-0.3, -0.25) is 24.0 Å². The van der Waals surface area contributed by atoms with E-state index in [0.29, 0.717) is 28.5 Å². The molecule has 2 fully saturated rings. The molecule has 72 heavy (non-hydrogen) atoms. The Morgan fingerprint density at radius 2 is 1.64 bits per heavy atom. The molecule has 5 N–H and O–H groups in total. The van der Waals surface area contributed by atoms with Crippen molar-refractivity contribution in [1.29, 1.82) is 5.26 Å². The number of nitriles is 1. The Morgan fingerprint density at radius 3 is 2.25 bits per heavy atom. The van der Waals surface area contributed by atoms with Gasteiger partial charge in [-0.2, -0.15) is 5.26 Å². The molecule has 6 rings (SSSR count). The Hall–Kier alpha value is -5.86. The summed E-state index contributed by atoms with van der Waals surface area (Å²) in [6, 6.07) is 20.2. The maximum absolute atomic E-state index is 14.4. The van der Waals surface area contributed by atoms with Crippen molar-refractivity contribution < 1.29 is 38.2 Å². The summed E-state index contributed by atoms with van der Waals surface area (Å²) >= 11 is 7.81. The number of nitrogens with two attached hydrogens (primary N) is 1. The zero-order valence-corrected chi connectivity index (χ0v) is 44.5. The number of benzene rings is 3. The third kappa shape index (κ3) is 13.4. The van der Waals surface area contributed by atoms with E-state index in [0.717, 1.165) is 59.4 Å². The van der Waals surface area contributed by atoms with Crippen LogP contribution in [0.5, 0.6) is 5.75 Å². The molecule has 3 aromatic carbocycles. The lowest BCUT2D eigenvalue weighted by molar-refractivity contribution is -0.164. The van der Waals surface area contributed by atoms with Gasteiger partial charge in [-0.15, -0.1) is 11.3 Å². The maximum Gasteiger partial charge on any atom is 0.320 e. The molecule has 17 heteroatoms. The number of likely N-dealkylation sites (tertiary alicyclic amines) is 1. The zero-order valence-electron chi connectivity index (χ0n) is 42.9. The molecule has 0 radical (unpaired) electrons. The minimum atomic E-state index is -1.01. The van der Waals surface area contributed by atoms with Gasteiger partial charge in [0.25, 0.3) is 5.91 Å². The van der Waals surface area contributed by atoms with Gasteiger partial charge in [-0.25, -0.2) is 4.98 Å². The van der Waals surface area contributed by atoms with E-state index in [4.69, 9.17) is 31.5 Å². The lowest BCUT2D eigenvalue weighted by Gasteiger charge is -2.63. The minimum Gasteiger partial charge on any atom is -0.489 e. The molecule has 1 aromatic heterocycles. The number of hydrogen-bond donors (Lipinski definition) is 4. The number of carbonyl (C=O) groups is 5. The first-order chi connectivity index (χ1) is 34.0. The molecule has 1 saturated carbocycles. The molecule has 4 atom stereocenters. The van der Waals surface area contributed by atoms with Crippen LogP contribution in [0.15, 0.2) is 72.2 Å². The topological polar surface area (TPSA) is 215 Å². The summed E-state index contributed by atoms with van der Waals surface area (Å²) in [5, 5.41) is 18.7. The first kappa shape index (κ1) is 55.5. The van der Waals surface area contributed by atoms with Crippen LogP contribution in [0.4, 0.5) is 0 Å². The maximum atomic E-state index is 14.4. The molecule has 1 saturated heterocycles. The molecular formula is C55H70ClN7O8S. The van der Waals surface area contributed by atoms with Gasteiger partial charge in [0.15, 0.2) is 0 Å². The average molecular weight is 1020 g/mol. The summed E-state index contributed by atoms with van der Waals surface area (Å²) in [6.45, 7) is 17.4. The number of rotatable bonds is 21. The lowest BCUT2D eigenvalue weighted by atomic mass is 9.49. The second-order valence-corrected chi connectivity index (χ2v) is 22.5. The molecular weight excluding hydrogens is 954 g/mol. The molecule has 15 nitrogen and oxygen atoms in total. The van der Waals surface area contributed by atoms with Crippen molar-refractivity contribution in [3.8, 4) is 22.3 Å². The Balaban J connectivity index is 0.922. The average Bonchev–Trinajstić information content (AvgIpc) is 3.98. The minimum absolute atomic E-state index is 0.0305. The highest BCUT2D eigenvalue weighted by molar-refractivity contribution is 7.13. The quantitative estimate of drug-likeness (QED) is 0.0461. The van der Waals surface area contributed by atoms with Crippen LogP contribution in [0.25, 0.3) is 10.4 Å². The van der Waals surface area contributed by atoms with E-state index in [1.54, 1.807) is 35.0 Å². The van der Waals surface area contributed by atoms with Gasteiger partial charge in [0.2, 0.25) is 17.7 Å². The number of thiazole rings is 1. The standard InChI is InChI=1S/C55H70ClN7O8S/c1-33(36-19-21-37(22-20-36)46-34(2)59-32-72-46)60-49(67)43-27-41(70-45(65)29-58)30-63(43)50(68)47(53(3,4)5)61-44(64)31-69-25-13-11-10-12-14-35-15-17-38(18-16-35)48(66)62-51-54(6,7)52(55(51,8)9)71-40-24-23-39(28-57)42(56)26-40/h15-24,26,32-33,41,43,47,51-52H,10-14,25,27,29-31,58H2,1-9H3,(H,60,67)(H,61,64)(H,62,66)/t33?,41-,43+,47-,51?,52?/m1/s1. The van der Waals surface area contributed by atoms with Crippen molar-refractivity contribution in [2.75, 3.05) is 26.3 Å². The van der Waals surface area contributed by atoms with E-state index < -0.39 is 53.3 Å². The molecule has 0 spiro atoms. The summed E-state index contributed by atoms with van der Waals surface area (Å²) < 4.78 is 17.6. The van der Waals surface area contributed by atoms with Crippen LogP contribution in [0.3, 0.4) is 0 Å². The third-order valence-corrected chi connectivity index (χ3v) is 15.2. The second-order valence-electron chi connectivity index (χ2n) is 21.3. The Bertz CT molecular complexity index is 2590. The van der Waals surface area contributed by atoms with E-state index in [9.17, 15) is 29.2 Å². The van der Waals surface area contributed by atoms with Crippen molar-refractivity contribution in [3.63, 3.8) is 0 Å². The van der Waals surface area contributed by atoms with Crippen molar-refractivity contribution in [3.05, 3.63) is 105 Å². The Labute approximate surface area is 432 Å². The number of unbranched alkanes of at least 4 members (excludes halogenated alkanes) is 3. The van der Waals surface area contributed by atoms with Gasteiger partial charge in [-0.1, -0.05) is 109 Å². The largest absolute Gasteiger partial charge is 0.489 e. The van der Waals surface area contributed by atoms with Crippen LogP contribution in [0.2, 0.25) is 5.02 Å². The monoisotopic (exact) mass is 1020 g/mol. The highest BCUT2D eigenvalue weighted by atomic mass is 35.5. The molecule has 0 bridgehead atoms. The van der Waals surface area contributed by atoms with E-state index in [1.807, 2.05) is 83.1 Å². The number of ether oxygens (including phenoxy) is 3. The van der Waals surface area contributed by atoms with Gasteiger partial charge in [0.05, 0.1) is 45.8 Å². The SMILES string of the molecule is Cc1ncsc1-c1ccc(C(C)NC(=O)[C@@H]2C[C@@H](OC(=O)CN)CN2C(=O)[C@@H](NC(=O)COCCCCCCc2ccc(C(=O)NC3C(C)(C)C(Oc4ccc(C#N)c(Cl)c4)C3(C)C)cc2)C(C)(C)C)cc1. The second kappa shape index (κ2) is 23.8. The Morgan fingerprint density at radius 1 is 0.958 bits per heavy atom. The zero-order chi connectivity index (χ0) is 52.5. The third-order valence-electron chi connectivity index (χ3n) is 13.9. The number of hydrogen-bond acceptors (Lipinski definition) is 12. The Kier molecular flexibility index (Phi) is 18.3. The van der Waals surface area contributed by atoms with Crippen LogP contribution in [0.1, 0.15) is 126 Å². The van der Waals surface area contributed by atoms with Crippen LogP contribution in [0, 0.1) is 34.5 Å². The summed E-state index contributed by atoms with van der Waals surface area (Å²) in [5.74, 6) is -1.53. The number of aromatic nitrogens is 1. The predicted molar refractivity (Wildman–Crippen MR) is 278 cm³/mol. The highest BCUT2D eigenvalue weighted by Gasteiger charge is 2.64. The first-order valence-corrected chi connectivity index (χ1v) is 25.9. The van der Waals surface area contributed by atoms with Gasteiger partial charge in [0.1, 0.15) is 42.7 Å². The fourth-order valence-corrected chi connectivity index (χ4v) is 11.2. The number of esters is 1. The van der Waals surface area contributed by atoms with Crippen molar-refractivity contribution in [1.82, 2.24) is 25.8 Å². The summed E-state index contributed by atoms with van der Waals surface area (Å²) in [6.07, 6.45) is 3.51. The normalized spacial score (nSPS) is 19.8. The molecule has 1 aliphatic heterocycles. The van der Waals surface area contributed by atoms with Crippen molar-refractivity contribution in [2.24, 2.45) is 22.0 Å². The summed E-state index contributed by atoms with van der Waals surface area (Å²) in [7, 11) is 0. The summed E-state index contributed by atoms with van der Waals surface area (Å²) in [5.41, 5.74) is 10.8. The predicted octanol–water partition coefficient (Wildman–Crippen LogP) is 8.25. The molecule has 386 valence electrons. The number of carbonyl (C=O) groups excluding carboxylic acids is 5. The van der Waals surface area contributed by atoms with Gasteiger partial charge in [0, 0.05) is 41.5 Å². The smallest absolute Gasteiger partial charge is 0.320 e. The molecule has 4 aromatic rings. The van der Waals surface area contributed by atoms with E-state index in [1.165, 1.54) is 4.90 Å². The molecule has 2 aliphatic rings. The van der Waals surface area contributed by atoms with Crippen LogP contribution in [-0.4, -0.2) is 96.1 Å². The molecule has 1 unspecified atom stereocenters. The van der Waals surface area contributed by atoms with Crippen molar-refractivity contribution >= 4 is 52.5 Å². The number of aryl methyl sites for hydroxylation is 2. The molecule has 2 heterocycles. The highest BCUT2D eigenvalue weighted by Crippen LogP contribution is 2.55. The van der Waals surface area contributed by atoms with Crippen LogP contribution >= 0.6 is 22.9 Å². The molecule has 1 aliphatic carbocycles. The molecule has 4 amide bonds. The number of nitrogens with one attached hydrogen (secondary N) is 3. The fraction of sp³-hybridized carbons (Fsp3) is 0.509. The van der Waals surface area contributed by atoms with Crippen LogP contribution < -0.4 is 26.4 Å². The van der Waals surface area contributed by atoms with Crippen molar-refractivity contribution in [2.45, 2.75) is 137 Å². The first-order valence-electron chi connectivity index (χ1n) is 24.7. The van der Waals surface area contributed by atoms with Gasteiger partial charge < -0.3 is 40.8 Å². The lowest BCUT2D eigenvalue weighted by Crippen LogP contribution is -2.74. The fourth-order valence-electron chi connectivity index (χ4n) is 10.2. The van der Waals surface area contributed by atoms with E-state index >= 15 is 0 Å². The summed E-state index contributed by atoms with van der Waals surface area (Å²) in [4.78, 5) is 74.0. The van der Waals surface area contributed by atoms with Gasteiger partial charge >= 0.3 is 5.97 Å². The van der Waals surface area contributed by atoms with Crippen LogP contribution in [-0.2, 0) is 35.1 Å². The van der Waals surface area contributed by atoms with E-state index in [-0.39, 0.29) is 55.0 Å². The number of halogens is 1.